The second-order valence-electron chi connectivity index (χ2n) is 7.37. The Kier molecular flexibility index (Phi) is 6.39. The number of ether oxygens (including phenoxy) is 2. The van der Waals surface area contributed by atoms with Crippen LogP contribution in [0.2, 0.25) is 23.2 Å². The van der Waals surface area contributed by atoms with Crippen molar-refractivity contribution in [3.63, 3.8) is 0 Å². The molecule has 0 radical (unpaired) electrons. The molecular weight excluding hydrogens is 344 g/mol. The van der Waals surface area contributed by atoms with Gasteiger partial charge in [0.2, 0.25) is 0 Å². The largest absolute Gasteiger partial charge is 0.543 e. The second-order valence-corrected chi connectivity index (χ2v) is 12.3. The molecule has 136 valence electrons. The van der Waals surface area contributed by atoms with Crippen molar-refractivity contribution in [1.82, 2.24) is 0 Å². The lowest BCUT2D eigenvalue weighted by Crippen LogP contribution is -2.48. The molecule has 0 aliphatic heterocycles. The van der Waals surface area contributed by atoms with Crippen LogP contribution in [0.25, 0.3) is 0 Å². The molecule has 0 N–H and O–H groups in total. The minimum atomic E-state index is -2.14. The van der Waals surface area contributed by atoms with Gasteiger partial charge in [0.05, 0.1) is 24.8 Å². The van der Waals surface area contributed by atoms with E-state index in [0.717, 1.165) is 0 Å². The van der Waals surface area contributed by atoms with Crippen LogP contribution in [-0.4, -0.2) is 28.5 Å². The maximum atomic E-state index is 12.1. The summed E-state index contributed by atoms with van der Waals surface area (Å²) in [6.07, 6.45) is 0. The van der Waals surface area contributed by atoms with Crippen molar-refractivity contribution in [2.24, 2.45) is 5.92 Å². The molecule has 0 saturated heterocycles. The molecule has 0 aliphatic carbocycles. The van der Waals surface area contributed by atoms with E-state index in [9.17, 15) is 4.79 Å². The Hall–Kier alpha value is -1.20. The third-order valence-electron chi connectivity index (χ3n) is 5.41. The maximum absolute atomic E-state index is 12.1. The van der Waals surface area contributed by atoms with Gasteiger partial charge in [-0.2, -0.15) is 0 Å². The van der Waals surface area contributed by atoms with E-state index in [4.69, 9.17) is 25.5 Å². The van der Waals surface area contributed by atoms with Crippen LogP contribution < -0.4 is 9.16 Å². The molecule has 6 heteroatoms. The van der Waals surface area contributed by atoms with Crippen LogP contribution in [0.1, 0.15) is 43.6 Å². The van der Waals surface area contributed by atoms with Gasteiger partial charge in [-0.15, -0.1) is 0 Å². The molecule has 1 aromatic rings. The summed E-state index contributed by atoms with van der Waals surface area (Å²) in [5, 5.41) is 0.286. The van der Waals surface area contributed by atoms with E-state index < -0.39 is 14.3 Å². The monoisotopic (exact) mass is 372 g/mol. The fourth-order valence-corrected chi connectivity index (χ4v) is 5.17. The number of halogens is 1. The van der Waals surface area contributed by atoms with Crippen LogP contribution in [0.5, 0.6) is 11.5 Å². The molecule has 0 fully saturated rings. The number of hydrogen-bond donors (Lipinski definition) is 0. The lowest BCUT2D eigenvalue weighted by Gasteiger charge is -2.42. The third kappa shape index (κ3) is 3.72. The van der Waals surface area contributed by atoms with Gasteiger partial charge in [0.1, 0.15) is 11.5 Å². The predicted octanol–water partition coefficient (Wildman–Crippen LogP) is 5.46. The average molecular weight is 373 g/mol. The fourth-order valence-electron chi connectivity index (χ4n) is 2.40. The summed E-state index contributed by atoms with van der Waals surface area (Å²) in [6, 6.07) is 1.76. The van der Waals surface area contributed by atoms with Gasteiger partial charge in [0.15, 0.2) is 0 Å². The summed E-state index contributed by atoms with van der Waals surface area (Å²) in [5.74, 6) is 1.00. The molecule has 0 saturated carbocycles. The van der Waals surface area contributed by atoms with Crippen LogP contribution in [0.4, 0.5) is 0 Å². The van der Waals surface area contributed by atoms with E-state index in [2.05, 4.69) is 40.8 Å². The third-order valence-corrected chi connectivity index (χ3v) is 10.2. The molecule has 0 aliphatic rings. The lowest BCUT2D eigenvalue weighted by atomic mass is 9.99. The van der Waals surface area contributed by atoms with Crippen LogP contribution in [0, 0.1) is 12.8 Å². The smallest absolute Gasteiger partial charge is 0.339 e. The highest BCUT2D eigenvalue weighted by molar-refractivity contribution is 6.75. The summed E-state index contributed by atoms with van der Waals surface area (Å²) in [4.78, 5) is 12.1. The van der Waals surface area contributed by atoms with Gasteiger partial charge < -0.3 is 13.9 Å². The maximum Gasteiger partial charge on any atom is 0.339 e. The molecule has 0 bridgehead atoms. The fraction of sp³-hybridized carbons (Fsp3) is 0.611. The molecular formula is C18H29ClO4Si. The van der Waals surface area contributed by atoms with Gasteiger partial charge >= 0.3 is 5.97 Å². The Morgan fingerprint density at radius 1 is 1.21 bits per heavy atom. The standard InChI is InChI=1S/C18H29ClO4Si/c1-11(2)18(4,5)24(8,9)23-13-10-14(21-6)16(19)15(12(13)3)17(20)22-7/h10-11H,1-9H3. The summed E-state index contributed by atoms with van der Waals surface area (Å²) in [6.45, 7) is 15.1. The zero-order chi connectivity index (χ0) is 18.9. The first-order valence-electron chi connectivity index (χ1n) is 8.05. The van der Waals surface area contributed by atoms with Gasteiger partial charge in [-0.05, 0) is 31.0 Å². The molecule has 0 spiro atoms. The first kappa shape index (κ1) is 20.8. The topological polar surface area (TPSA) is 44.8 Å². The van der Waals surface area contributed by atoms with Crippen LogP contribution in [0.3, 0.4) is 0 Å². The van der Waals surface area contributed by atoms with Crippen molar-refractivity contribution in [3.8, 4) is 11.5 Å². The lowest BCUT2D eigenvalue weighted by molar-refractivity contribution is 0.0599. The molecule has 0 aromatic heterocycles. The first-order valence-corrected chi connectivity index (χ1v) is 11.3. The van der Waals surface area contributed by atoms with Crippen molar-refractivity contribution in [3.05, 3.63) is 22.2 Å². The Labute approximate surface area is 151 Å². The minimum Gasteiger partial charge on any atom is -0.543 e. The summed E-state index contributed by atoms with van der Waals surface area (Å²) in [5.41, 5.74) is 0.966. The van der Waals surface area contributed by atoms with Crippen LogP contribution in [0.15, 0.2) is 6.07 Å². The summed E-state index contributed by atoms with van der Waals surface area (Å²) in [7, 11) is 0.710. The molecule has 1 aromatic carbocycles. The molecule has 1 rings (SSSR count). The Morgan fingerprint density at radius 2 is 1.75 bits per heavy atom. The molecule has 0 unspecified atom stereocenters. The average Bonchev–Trinajstić information content (AvgIpc) is 2.49. The SMILES string of the molecule is COC(=O)c1c(C)c(O[Si](C)(C)C(C)(C)C(C)C)cc(OC)c1Cl. The van der Waals surface area contributed by atoms with E-state index in [1.165, 1.54) is 14.2 Å². The number of methoxy groups -OCH3 is 2. The van der Waals surface area contributed by atoms with Crippen molar-refractivity contribution in [2.45, 2.75) is 52.8 Å². The van der Waals surface area contributed by atoms with Gasteiger partial charge in [-0.25, -0.2) is 4.79 Å². The first-order chi connectivity index (χ1) is 10.9. The Morgan fingerprint density at radius 3 is 2.17 bits per heavy atom. The highest BCUT2D eigenvalue weighted by Gasteiger charge is 2.45. The zero-order valence-electron chi connectivity index (χ0n) is 16.2. The highest BCUT2D eigenvalue weighted by atomic mass is 35.5. The van der Waals surface area contributed by atoms with E-state index >= 15 is 0 Å². The number of carbonyl (C=O) groups is 1. The zero-order valence-corrected chi connectivity index (χ0v) is 17.9. The van der Waals surface area contributed by atoms with Crippen molar-refractivity contribution in [1.29, 1.82) is 0 Å². The second kappa shape index (κ2) is 7.36. The van der Waals surface area contributed by atoms with Crippen LogP contribution in [-0.2, 0) is 4.74 Å². The Balaban J connectivity index is 3.48. The van der Waals surface area contributed by atoms with Gasteiger partial charge in [0.25, 0.3) is 8.32 Å². The molecule has 4 nitrogen and oxygen atoms in total. The quantitative estimate of drug-likeness (QED) is 0.491. The summed E-state index contributed by atoms with van der Waals surface area (Å²) < 4.78 is 16.7. The minimum absolute atomic E-state index is 0.0394. The summed E-state index contributed by atoms with van der Waals surface area (Å²) >= 11 is 6.30. The van der Waals surface area contributed by atoms with E-state index in [0.29, 0.717) is 28.5 Å². The molecule has 0 amide bonds. The number of carbonyl (C=O) groups excluding carboxylic acids is 1. The number of esters is 1. The van der Waals surface area contributed by atoms with Gasteiger partial charge in [-0.1, -0.05) is 39.3 Å². The van der Waals surface area contributed by atoms with Crippen molar-refractivity contribution in [2.75, 3.05) is 14.2 Å². The molecule has 0 heterocycles. The number of benzene rings is 1. The van der Waals surface area contributed by atoms with Gasteiger partial charge in [0, 0.05) is 11.6 Å². The van der Waals surface area contributed by atoms with E-state index in [1.54, 1.807) is 6.07 Å². The molecule has 0 atom stereocenters. The number of hydrogen-bond acceptors (Lipinski definition) is 4. The highest BCUT2D eigenvalue weighted by Crippen LogP contribution is 2.46. The number of rotatable bonds is 6. The van der Waals surface area contributed by atoms with Crippen molar-refractivity contribution < 1.29 is 18.7 Å². The van der Waals surface area contributed by atoms with E-state index in [-0.39, 0.29) is 10.1 Å². The normalized spacial score (nSPS) is 12.3. The predicted molar refractivity (Wildman–Crippen MR) is 101 cm³/mol. The van der Waals surface area contributed by atoms with Gasteiger partial charge in [-0.3, -0.25) is 0 Å². The van der Waals surface area contributed by atoms with E-state index in [1.807, 2.05) is 6.92 Å². The van der Waals surface area contributed by atoms with Crippen LogP contribution >= 0.6 is 11.6 Å². The van der Waals surface area contributed by atoms with Crippen molar-refractivity contribution >= 4 is 25.9 Å². The molecule has 24 heavy (non-hydrogen) atoms. The Bertz CT molecular complexity index is 624.